The van der Waals surface area contributed by atoms with Gasteiger partial charge in [-0.2, -0.15) is 0 Å². The molecule has 0 amide bonds. The largest absolute Gasteiger partial charge is 0.467 e. The van der Waals surface area contributed by atoms with Crippen molar-refractivity contribution in [2.45, 2.75) is 73.0 Å². The van der Waals surface area contributed by atoms with Crippen LogP contribution in [0.3, 0.4) is 0 Å². The van der Waals surface area contributed by atoms with Gasteiger partial charge in [0.1, 0.15) is 36.9 Å². The molecule has 2 atom stereocenters. The molecule has 0 fully saturated rings. The van der Waals surface area contributed by atoms with Crippen LogP contribution in [0.4, 0.5) is 0 Å². The van der Waals surface area contributed by atoms with Crippen LogP contribution >= 0.6 is 0 Å². The highest BCUT2D eigenvalue weighted by molar-refractivity contribution is 5.87. The fraction of sp³-hybridized carbons (Fsp3) is 0.486. The Kier molecular flexibility index (Phi) is 14.3. The van der Waals surface area contributed by atoms with Gasteiger partial charge >= 0.3 is 11.9 Å². The highest BCUT2D eigenvalue weighted by Crippen LogP contribution is 2.38. The first-order valence-corrected chi connectivity index (χ1v) is 14.7. The summed E-state index contributed by atoms with van der Waals surface area (Å²) in [6, 6.07) is 8.37. The molecule has 0 aliphatic heterocycles. The Morgan fingerprint density at radius 2 is 0.978 bits per heavy atom. The summed E-state index contributed by atoms with van der Waals surface area (Å²) in [7, 11) is 0. The van der Waals surface area contributed by atoms with Crippen molar-refractivity contribution in [1.29, 1.82) is 0 Å². The minimum absolute atomic E-state index is 0.0495. The Hall–Kier alpha value is -3.70. The number of benzene rings is 2. The first-order valence-electron chi connectivity index (χ1n) is 14.7. The van der Waals surface area contributed by atoms with Crippen molar-refractivity contribution in [3.8, 4) is 11.5 Å². The monoisotopic (exact) mass is 628 g/mol. The predicted octanol–water partition coefficient (Wildman–Crippen LogP) is 4.91. The molecule has 0 radical (unpaired) electrons. The van der Waals surface area contributed by atoms with Crippen molar-refractivity contribution in [3.63, 3.8) is 0 Å². The zero-order valence-corrected chi connectivity index (χ0v) is 27.8. The molecule has 0 saturated heterocycles. The standard InChI is InChI=1S/C35H48O10/c1-21(2)33(38)42-17-29(36)15-40-19-44-31-23(5)11-27(12-24(31)6)35(9,10)28-13-25(7)32(26(8)14-28)45-20-41-16-30(37)18-43-34(39)22(3)4/h11-14,29-30,36-37H,1,3,15-20H2,2,4-10H3. The van der Waals surface area contributed by atoms with Gasteiger partial charge in [0.25, 0.3) is 0 Å². The lowest BCUT2D eigenvalue weighted by Gasteiger charge is -2.29. The molecule has 0 spiro atoms. The molecule has 2 aromatic rings. The second kappa shape index (κ2) is 17.1. The fourth-order valence-electron chi connectivity index (χ4n) is 4.50. The van der Waals surface area contributed by atoms with Crippen molar-refractivity contribution >= 4 is 11.9 Å². The first-order chi connectivity index (χ1) is 21.0. The van der Waals surface area contributed by atoms with Gasteiger partial charge in [-0.15, -0.1) is 0 Å². The summed E-state index contributed by atoms with van der Waals surface area (Å²) in [6.45, 7) is 21.7. The summed E-state index contributed by atoms with van der Waals surface area (Å²) in [6.07, 6.45) is -1.95. The topological polar surface area (TPSA) is 130 Å². The number of aliphatic hydroxyl groups excluding tert-OH is 2. The average Bonchev–Trinajstić information content (AvgIpc) is 2.96. The molecule has 2 N–H and O–H groups in total. The summed E-state index contributed by atoms with van der Waals surface area (Å²) in [5.74, 6) is 0.282. The Morgan fingerprint density at radius 3 is 1.27 bits per heavy atom. The molecule has 2 rings (SSSR count). The SMILES string of the molecule is C=C(C)C(=O)OCC(O)COCOc1c(C)cc(C(C)(C)c2cc(C)c(OCOCC(O)COC(=O)C(=C)C)c(C)c2)cc1C. The molecule has 0 heterocycles. The van der Waals surface area contributed by atoms with Gasteiger partial charge in [0.05, 0.1) is 13.2 Å². The van der Waals surface area contributed by atoms with Gasteiger partial charge in [0.2, 0.25) is 0 Å². The molecule has 0 aromatic heterocycles. The third kappa shape index (κ3) is 11.3. The predicted molar refractivity (Wildman–Crippen MR) is 170 cm³/mol. The van der Waals surface area contributed by atoms with Crippen LogP contribution in [0.1, 0.15) is 61.1 Å². The lowest BCUT2D eigenvalue weighted by Crippen LogP contribution is -2.25. The molecule has 0 saturated carbocycles. The molecular weight excluding hydrogens is 580 g/mol. The van der Waals surface area contributed by atoms with Gasteiger partial charge in [-0.3, -0.25) is 0 Å². The van der Waals surface area contributed by atoms with E-state index in [0.717, 1.165) is 33.4 Å². The van der Waals surface area contributed by atoms with Crippen LogP contribution in [-0.2, 0) is 34.0 Å². The summed E-state index contributed by atoms with van der Waals surface area (Å²) in [4.78, 5) is 22.9. The number of esters is 2. The summed E-state index contributed by atoms with van der Waals surface area (Å²) >= 11 is 0. The second-order valence-electron chi connectivity index (χ2n) is 11.8. The Balaban J connectivity index is 1.98. The smallest absolute Gasteiger partial charge is 0.333 e. The van der Waals surface area contributed by atoms with Gasteiger partial charge in [-0.25, -0.2) is 9.59 Å². The summed E-state index contributed by atoms with van der Waals surface area (Å²) in [5.41, 5.74) is 6.18. The summed E-state index contributed by atoms with van der Waals surface area (Å²) < 4.78 is 32.5. The number of hydrogen-bond acceptors (Lipinski definition) is 10. The van der Waals surface area contributed by atoms with E-state index in [9.17, 15) is 19.8 Å². The van der Waals surface area contributed by atoms with E-state index >= 15 is 0 Å². The maximum atomic E-state index is 11.5. The van der Waals surface area contributed by atoms with E-state index in [2.05, 4.69) is 51.3 Å². The van der Waals surface area contributed by atoms with E-state index in [4.69, 9.17) is 28.4 Å². The highest BCUT2D eigenvalue weighted by Gasteiger charge is 2.26. The van der Waals surface area contributed by atoms with Gasteiger partial charge in [-0.1, -0.05) is 51.3 Å². The van der Waals surface area contributed by atoms with E-state index < -0.39 is 24.1 Å². The van der Waals surface area contributed by atoms with Gasteiger partial charge < -0.3 is 38.6 Å². The highest BCUT2D eigenvalue weighted by atomic mass is 16.7. The average molecular weight is 629 g/mol. The number of rotatable bonds is 18. The van der Waals surface area contributed by atoms with Crippen LogP contribution in [0, 0.1) is 27.7 Å². The normalized spacial score (nSPS) is 12.7. The van der Waals surface area contributed by atoms with Crippen molar-refractivity contribution in [3.05, 3.63) is 82.0 Å². The van der Waals surface area contributed by atoms with Crippen molar-refractivity contribution in [2.24, 2.45) is 0 Å². The molecule has 0 aliphatic carbocycles. The second-order valence-corrected chi connectivity index (χ2v) is 11.8. The van der Waals surface area contributed by atoms with Gasteiger partial charge in [0, 0.05) is 16.6 Å². The molecule has 2 aromatic carbocycles. The Bertz CT molecular complexity index is 1210. The zero-order chi connectivity index (χ0) is 33.9. The van der Waals surface area contributed by atoms with Gasteiger partial charge in [-0.05, 0) is 74.9 Å². The first kappa shape index (κ1) is 37.5. The van der Waals surface area contributed by atoms with Crippen molar-refractivity contribution in [2.75, 3.05) is 40.0 Å². The third-order valence-corrected chi connectivity index (χ3v) is 7.07. The van der Waals surface area contributed by atoms with Crippen LogP contribution in [-0.4, -0.2) is 74.4 Å². The molecule has 45 heavy (non-hydrogen) atoms. The molecule has 10 nitrogen and oxygen atoms in total. The number of aliphatic hydroxyl groups is 2. The number of hydrogen-bond donors (Lipinski definition) is 2. The fourth-order valence-corrected chi connectivity index (χ4v) is 4.50. The van der Waals surface area contributed by atoms with E-state index in [0.29, 0.717) is 11.5 Å². The Labute approximate surface area is 266 Å². The van der Waals surface area contributed by atoms with Crippen LogP contribution in [0.5, 0.6) is 11.5 Å². The maximum Gasteiger partial charge on any atom is 0.333 e. The van der Waals surface area contributed by atoms with E-state index in [1.165, 1.54) is 13.8 Å². The lowest BCUT2D eigenvalue weighted by molar-refractivity contribution is -0.144. The molecule has 0 bridgehead atoms. The van der Waals surface area contributed by atoms with E-state index in [1.54, 1.807) is 0 Å². The zero-order valence-electron chi connectivity index (χ0n) is 27.8. The van der Waals surface area contributed by atoms with Crippen molar-refractivity contribution in [1.82, 2.24) is 0 Å². The van der Waals surface area contributed by atoms with Crippen LogP contribution < -0.4 is 9.47 Å². The summed E-state index contributed by atoms with van der Waals surface area (Å²) in [5, 5.41) is 19.9. The maximum absolute atomic E-state index is 11.5. The minimum atomic E-state index is -0.976. The molecule has 2 unspecified atom stereocenters. The van der Waals surface area contributed by atoms with Crippen LogP contribution in [0.15, 0.2) is 48.6 Å². The Morgan fingerprint density at radius 1 is 0.667 bits per heavy atom. The quantitative estimate of drug-likeness (QED) is 0.102. The molecule has 0 aliphatic rings. The number of carbonyl (C=O) groups excluding carboxylic acids is 2. The number of ether oxygens (including phenoxy) is 6. The lowest BCUT2D eigenvalue weighted by atomic mass is 9.76. The third-order valence-electron chi connectivity index (χ3n) is 7.07. The van der Waals surface area contributed by atoms with E-state index in [-0.39, 0.29) is 56.6 Å². The molecule has 10 heteroatoms. The molecule has 248 valence electrons. The van der Waals surface area contributed by atoms with Crippen LogP contribution in [0.2, 0.25) is 0 Å². The minimum Gasteiger partial charge on any atom is -0.467 e. The van der Waals surface area contributed by atoms with Crippen molar-refractivity contribution < 1.29 is 48.2 Å². The number of aryl methyl sites for hydroxylation is 4. The van der Waals surface area contributed by atoms with Gasteiger partial charge in [0.15, 0.2) is 13.6 Å². The van der Waals surface area contributed by atoms with E-state index in [1.807, 2.05) is 27.7 Å². The van der Waals surface area contributed by atoms with Crippen LogP contribution in [0.25, 0.3) is 0 Å². The number of carbonyl (C=O) groups is 2. The molecular formula is C35H48O10.